The van der Waals surface area contributed by atoms with Gasteiger partial charge >= 0.3 is 0 Å². The second-order valence-electron chi connectivity index (χ2n) is 7.11. The van der Waals surface area contributed by atoms with Gasteiger partial charge in [-0.3, -0.25) is 9.59 Å². The fraction of sp³-hybridized carbons (Fsp3) is 0.333. The van der Waals surface area contributed by atoms with Crippen LogP contribution in [-0.4, -0.2) is 24.5 Å². The van der Waals surface area contributed by atoms with Crippen LogP contribution < -0.4 is 10.6 Å². The predicted octanol–water partition coefficient (Wildman–Crippen LogP) is 3.61. The Morgan fingerprint density at radius 1 is 0.963 bits per heavy atom. The number of amides is 2. The van der Waals surface area contributed by atoms with Crippen LogP contribution in [0.15, 0.2) is 48.5 Å². The molecule has 2 fully saturated rings. The van der Waals surface area contributed by atoms with E-state index in [9.17, 15) is 14.0 Å². The third kappa shape index (κ3) is 3.71. The largest absolute Gasteiger partial charge is 0.368 e. The van der Waals surface area contributed by atoms with Crippen LogP contribution in [0.2, 0.25) is 0 Å². The summed E-state index contributed by atoms with van der Waals surface area (Å²) in [4.78, 5) is 24.8. The molecule has 1 unspecified atom stereocenters. The maximum absolute atomic E-state index is 13.1. The molecule has 2 aromatic rings. The van der Waals surface area contributed by atoms with Crippen LogP contribution in [0.5, 0.6) is 0 Å². The van der Waals surface area contributed by atoms with E-state index in [1.807, 2.05) is 0 Å². The van der Waals surface area contributed by atoms with Crippen LogP contribution in [0.3, 0.4) is 0 Å². The van der Waals surface area contributed by atoms with Crippen molar-refractivity contribution in [2.24, 2.45) is 0 Å². The summed E-state index contributed by atoms with van der Waals surface area (Å²) in [5, 5.41) is 5.75. The molecular weight excluding hydrogens is 347 g/mol. The summed E-state index contributed by atoms with van der Waals surface area (Å²) in [7, 11) is 0. The molecule has 0 bridgehead atoms. The maximum atomic E-state index is 13.1. The normalized spacial score (nSPS) is 20.1. The molecule has 2 aromatic carbocycles. The van der Waals surface area contributed by atoms with Gasteiger partial charge in [-0.1, -0.05) is 12.1 Å². The Morgan fingerprint density at radius 2 is 1.59 bits per heavy atom. The van der Waals surface area contributed by atoms with E-state index in [0.29, 0.717) is 18.0 Å². The first kappa shape index (κ1) is 17.7. The first-order valence-electron chi connectivity index (χ1n) is 9.17. The minimum Gasteiger partial charge on any atom is -0.368 e. The van der Waals surface area contributed by atoms with E-state index in [1.54, 1.807) is 36.4 Å². The number of nitrogens with one attached hydrogen (secondary N) is 2. The summed E-state index contributed by atoms with van der Waals surface area (Å²) in [5.41, 5.74) is 1.58. The number of hydrogen-bond donors (Lipinski definition) is 2. The first-order chi connectivity index (χ1) is 13.1. The highest BCUT2D eigenvalue weighted by Gasteiger charge is 2.51. The third-order valence-electron chi connectivity index (χ3n) is 5.21. The van der Waals surface area contributed by atoms with E-state index in [4.69, 9.17) is 4.74 Å². The van der Waals surface area contributed by atoms with E-state index < -0.39 is 5.41 Å². The molecule has 5 nitrogen and oxygen atoms in total. The third-order valence-corrected chi connectivity index (χ3v) is 5.21. The second-order valence-corrected chi connectivity index (χ2v) is 7.11. The van der Waals surface area contributed by atoms with Crippen molar-refractivity contribution in [3.8, 4) is 0 Å². The fourth-order valence-electron chi connectivity index (χ4n) is 3.44. The first-order valence-corrected chi connectivity index (χ1v) is 9.17. The van der Waals surface area contributed by atoms with Gasteiger partial charge in [0.15, 0.2) is 0 Å². The van der Waals surface area contributed by atoms with E-state index in [-0.39, 0.29) is 23.7 Å². The Kier molecular flexibility index (Phi) is 4.66. The molecule has 1 aliphatic heterocycles. The second kappa shape index (κ2) is 7.12. The summed E-state index contributed by atoms with van der Waals surface area (Å²) in [6.45, 7) is 0.624. The molecule has 27 heavy (non-hydrogen) atoms. The van der Waals surface area contributed by atoms with Crippen LogP contribution in [-0.2, 0) is 19.7 Å². The summed E-state index contributed by atoms with van der Waals surface area (Å²) < 4.78 is 18.5. The SMILES string of the molecule is O=C(Nc1ccc(NC(=O)C2(c3ccc(F)cc3)CC2)cc1)C1CCCO1. The van der Waals surface area contributed by atoms with Crippen molar-refractivity contribution >= 4 is 23.2 Å². The van der Waals surface area contributed by atoms with Gasteiger partial charge in [0.25, 0.3) is 5.91 Å². The Morgan fingerprint density at radius 3 is 2.15 bits per heavy atom. The summed E-state index contributed by atoms with van der Waals surface area (Å²) >= 11 is 0. The molecule has 1 atom stereocenters. The van der Waals surface area contributed by atoms with Crippen molar-refractivity contribution in [1.82, 2.24) is 0 Å². The number of hydrogen-bond acceptors (Lipinski definition) is 3. The van der Waals surface area contributed by atoms with Crippen molar-refractivity contribution in [3.63, 3.8) is 0 Å². The van der Waals surface area contributed by atoms with Crippen LogP contribution in [0, 0.1) is 5.82 Å². The van der Waals surface area contributed by atoms with E-state index >= 15 is 0 Å². The highest BCUT2D eigenvalue weighted by molar-refractivity contribution is 6.01. The van der Waals surface area contributed by atoms with Gasteiger partial charge in [-0.05, 0) is 67.6 Å². The lowest BCUT2D eigenvalue weighted by atomic mass is 9.95. The van der Waals surface area contributed by atoms with Crippen LogP contribution in [0.1, 0.15) is 31.2 Å². The topological polar surface area (TPSA) is 67.4 Å². The van der Waals surface area contributed by atoms with Gasteiger partial charge in [0.05, 0.1) is 5.41 Å². The molecule has 1 heterocycles. The molecule has 2 N–H and O–H groups in total. The number of benzene rings is 2. The van der Waals surface area contributed by atoms with Crippen molar-refractivity contribution in [2.75, 3.05) is 17.2 Å². The number of anilines is 2. The standard InChI is InChI=1S/C21H21FN2O3/c22-15-5-3-14(4-6-15)21(11-12-21)20(26)24-17-9-7-16(8-10-17)23-19(25)18-2-1-13-27-18/h3-10,18H,1-2,11-13H2,(H,23,25)(H,24,26). The molecule has 1 saturated carbocycles. The van der Waals surface area contributed by atoms with Crippen LogP contribution in [0.4, 0.5) is 15.8 Å². The molecule has 2 aliphatic rings. The summed E-state index contributed by atoms with van der Waals surface area (Å²) in [6, 6.07) is 13.1. The molecule has 6 heteroatoms. The zero-order chi connectivity index (χ0) is 18.9. The van der Waals surface area contributed by atoms with Crippen molar-refractivity contribution < 1.29 is 18.7 Å². The average molecular weight is 368 g/mol. The lowest BCUT2D eigenvalue weighted by molar-refractivity contribution is -0.124. The quantitative estimate of drug-likeness (QED) is 0.847. The van der Waals surface area contributed by atoms with Gasteiger partial charge < -0.3 is 15.4 Å². The smallest absolute Gasteiger partial charge is 0.253 e. The Labute approximate surface area is 156 Å². The van der Waals surface area contributed by atoms with Crippen molar-refractivity contribution in [3.05, 3.63) is 59.9 Å². The molecular formula is C21H21FN2O3. The zero-order valence-electron chi connectivity index (χ0n) is 14.8. The number of carbonyl (C=O) groups is 2. The lowest BCUT2D eigenvalue weighted by Crippen LogP contribution is -2.28. The Hall–Kier alpha value is -2.73. The fourth-order valence-corrected chi connectivity index (χ4v) is 3.44. The molecule has 0 spiro atoms. The molecule has 140 valence electrons. The van der Waals surface area contributed by atoms with E-state index in [1.165, 1.54) is 12.1 Å². The summed E-state index contributed by atoms with van der Waals surface area (Å²) in [5.74, 6) is -0.543. The number of ether oxygens (including phenoxy) is 1. The maximum Gasteiger partial charge on any atom is 0.253 e. The predicted molar refractivity (Wildman–Crippen MR) is 100.0 cm³/mol. The molecule has 0 radical (unpaired) electrons. The summed E-state index contributed by atoms with van der Waals surface area (Å²) in [6.07, 6.45) is 2.76. The van der Waals surface area contributed by atoms with Crippen LogP contribution in [0.25, 0.3) is 0 Å². The number of halogens is 1. The van der Waals surface area contributed by atoms with Crippen molar-refractivity contribution in [2.45, 2.75) is 37.2 Å². The molecule has 1 aliphatic carbocycles. The lowest BCUT2D eigenvalue weighted by Gasteiger charge is -2.16. The minimum absolute atomic E-state index is 0.0924. The van der Waals surface area contributed by atoms with Gasteiger partial charge in [0, 0.05) is 18.0 Å². The monoisotopic (exact) mass is 368 g/mol. The van der Waals surface area contributed by atoms with E-state index in [0.717, 1.165) is 31.2 Å². The van der Waals surface area contributed by atoms with Gasteiger partial charge in [0.1, 0.15) is 11.9 Å². The van der Waals surface area contributed by atoms with Gasteiger partial charge in [0.2, 0.25) is 5.91 Å². The van der Waals surface area contributed by atoms with E-state index in [2.05, 4.69) is 10.6 Å². The Balaban J connectivity index is 1.39. The highest BCUT2D eigenvalue weighted by Crippen LogP contribution is 2.49. The minimum atomic E-state index is -0.569. The zero-order valence-corrected chi connectivity index (χ0v) is 14.8. The van der Waals surface area contributed by atoms with Gasteiger partial charge in [-0.15, -0.1) is 0 Å². The van der Waals surface area contributed by atoms with Crippen molar-refractivity contribution in [1.29, 1.82) is 0 Å². The molecule has 2 amide bonds. The molecule has 4 rings (SSSR count). The average Bonchev–Trinajstić information content (AvgIpc) is 3.30. The number of rotatable bonds is 5. The van der Waals surface area contributed by atoms with Gasteiger partial charge in [-0.25, -0.2) is 4.39 Å². The van der Waals surface area contributed by atoms with Crippen LogP contribution >= 0.6 is 0 Å². The number of carbonyl (C=O) groups excluding carboxylic acids is 2. The molecule has 1 saturated heterocycles. The Bertz CT molecular complexity index is 839. The van der Waals surface area contributed by atoms with Gasteiger partial charge in [-0.2, -0.15) is 0 Å². The highest BCUT2D eigenvalue weighted by atomic mass is 19.1. The molecule has 0 aromatic heterocycles.